The molecule has 0 amide bonds. The van der Waals surface area contributed by atoms with Crippen LogP contribution in [0.15, 0.2) is 0 Å². The van der Waals surface area contributed by atoms with Crippen molar-refractivity contribution in [1.29, 1.82) is 0 Å². The summed E-state index contributed by atoms with van der Waals surface area (Å²) >= 11 is 0. The van der Waals surface area contributed by atoms with Gasteiger partial charge in [0.25, 0.3) is 0 Å². The van der Waals surface area contributed by atoms with Crippen molar-refractivity contribution in [2.45, 2.75) is 44.8 Å². The number of piperidine rings is 1. The van der Waals surface area contributed by atoms with E-state index in [1.165, 1.54) is 25.7 Å². The molecule has 2 aliphatic heterocycles. The predicted octanol–water partition coefficient (Wildman–Crippen LogP) is 1.19. The maximum atomic E-state index is 10.3. The summed E-state index contributed by atoms with van der Waals surface area (Å²) in [5.74, 6) is 0.859. The molecule has 0 saturated carbocycles. The zero-order chi connectivity index (χ0) is 13.7. The summed E-state index contributed by atoms with van der Waals surface area (Å²) in [6.45, 7) is 8.19. The van der Waals surface area contributed by atoms with E-state index in [2.05, 4.69) is 16.7 Å². The number of hydrogen-bond donors (Lipinski definition) is 1. The largest absolute Gasteiger partial charge is 0.390 e. The Labute approximate surface area is 117 Å². The quantitative estimate of drug-likeness (QED) is 0.786. The van der Waals surface area contributed by atoms with Crippen LogP contribution in [0.3, 0.4) is 0 Å². The molecule has 2 heterocycles. The van der Waals surface area contributed by atoms with Crippen LogP contribution in [0.5, 0.6) is 0 Å². The van der Waals surface area contributed by atoms with E-state index < -0.39 is 0 Å². The van der Waals surface area contributed by atoms with Gasteiger partial charge in [-0.3, -0.25) is 4.90 Å². The molecule has 4 heteroatoms. The summed E-state index contributed by atoms with van der Waals surface area (Å²) in [6.07, 6.45) is 4.79. The molecular weight excluding hydrogens is 240 g/mol. The van der Waals surface area contributed by atoms with E-state index >= 15 is 0 Å². The van der Waals surface area contributed by atoms with Crippen LogP contribution in [-0.4, -0.2) is 73.5 Å². The second-order valence-electron chi connectivity index (χ2n) is 6.38. The Hall–Kier alpha value is -0.160. The molecule has 2 aliphatic rings. The lowest BCUT2D eigenvalue weighted by molar-refractivity contribution is 0.0427. The summed E-state index contributed by atoms with van der Waals surface area (Å²) in [7, 11) is 1.77. The fraction of sp³-hybridized carbons (Fsp3) is 1.00. The first kappa shape index (κ1) is 15.2. The average Bonchev–Trinajstić information content (AvgIpc) is 2.80. The van der Waals surface area contributed by atoms with Gasteiger partial charge in [-0.2, -0.15) is 0 Å². The van der Waals surface area contributed by atoms with E-state index in [1.54, 1.807) is 7.11 Å². The number of ether oxygens (including phenoxy) is 1. The first-order valence-corrected chi connectivity index (χ1v) is 7.82. The van der Waals surface area contributed by atoms with Crippen molar-refractivity contribution in [3.05, 3.63) is 0 Å². The smallest absolute Gasteiger partial charge is 0.0793 e. The molecule has 0 radical (unpaired) electrons. The standard InChI is InChI=1S/C15H30N2O2/c1-13-5-8-16(9-6-13)10-15(18)11-17-7-3-4-14(17)12-19-2/h13-15,18H,3-12H2,1-2H3. The minimum Gasteiger partial charge on any atom is -0.390 e. The van der Waals surface area contributed by atoms with Crippen molar-refractivity contribution in [3.8, 4) is 0 Å². The van der Waals surface area contributed by atoms with Gasteiger partial charge in [0.15, 0.2) is 0 Å². The molecule has 0 aliphatic carbocycles. The van der Waals surface area contributed by atoms with Crippen LogP contribution in [0.25, 0.3) is 0 Å². The summed E-state index contributed by atoms with van der Waals surface area (Å²) < 4.78 is 5.27. The highest BCUT2D eigenvalue weighted by Crippen LogP contribution is 2.19. The third-order valence-corrected chi connectivity index (χ3v) is 4.65. The molecule has 2 atom stereocenters. The number of likely N-dealkylation sites (tertiary alicyclic amines) is 2. The van der Waals surface area contributed by atoms with E-state index in [-0.39, 0.29) is 6.10 Å². The minimum atomic E-state index is -0.217. The van der Waals surface area contributed by atoms with Gasteiger partial charge in [-0.15, -0.1) is 0 Å². The summed E-state index contributed by atoms with van der Waals surface area (Å²) in [5.41, 5.74) is 0. The van der Waals surface area contributed by atoms with Crippen LogP contribution in [-0.2, 0) is 4.74 Å². The highest BCUT2D eigenvalue weighted by molar-refractivity contribution is 4.82. The number of nitrogens with zero attached hydrogens (tertiary/aromatic N) is 2. The minimum absolute atomic E-state index is 0.217. The number of β-amino-alcohol motifs (C(OH)–C–C–N with tert-alkyl or cyclic N) is 1. The molecule has 2 unspecified atom stereocenters. The number of methoxy groups -OCH3 is 1. The Morgan fingerprint density at radius 1 is 1.16 bits per heavy atom. The van der Waals surface area contributed by atoms with Gasteiger partial charge in [-0.25, -0.2) is 0 Å². The summed E-state index contributed by atoms with van der Waals surface area (Å²) in [5, 5.41) is 10.3. The Kier molecular flexibility index (Phi) is 6.07. The average molecular weight is 270 g/mol. The van der Waals surface area contributed by atoms with Crippen LogP contribution in [0.1, 0.15) is 32.6 Å². The summed E-state index contributed by atoms with van der Waals surface area (Å²) in [6, 6.07) is 0.515. The van der Waals surface area contributed by atoms with Gasteiger partial charge in [0, 0.05) is 26.2 Å². The molecule has 19 heavy (non-hydrogen) atoms. The molecule has 4 nitrogen and oxygen atoms in total. The van der Waals surface area contributed by atoms with Crippen molar-refractivity contribution < 1.29 is 9.84 Å². The number of aliphatic hydroxyl groups is 1. The molecule has 0 bridgehead atoms. The zero-order valence-electron chi connectivity index (χ0n) is 12.6. The molecule has 0 aromatic rings. The topological polar surface area (TPSA) is 35.9 Å². The highest BCUT2D eigenvalue weighted by Gasteiger charge is 2.27. The van der Waals surface area contributed by atoms with Crippen LogP contribution in [0.2, 0.25) is 0 Å². The van der Waals surface area contributed by atoms with Crippen LogP contribution in [0.4, 0.5) is 0 Å². The van der Waals surface area contributed by atoms with E-state index in [0.717, 1.165) is 45.2 Å². The monoisotopic (exact) mass is 270 g/mol. The van der Waals surface area contributed by atoms with E-state index in [4.69, 9.17) is 4.74 Å². The van der Waals surface area contributed by atoms with Gasteiger partial charge < -0.3 is 14.7 Å². The van der Waals surface area contributed by atoms with Crippen molar-refractivity contribution in [2.75, 3.05) is 46.4 Å². The Bertz CT molecular complexity index is 255. The molecule has 2 fully saturated rings. The van der Waals surface area contributed by atoms with E-state index in [1.807, 2.05) is 0 Å². The van der Waals surface area contributed by atoms with Gasteiger partial charge in [-0.05, 0) is 51.2 Å². The van der Waals surface area contributed by atoms with Crippen molar-refractivity contribution in [2.24, 2.45) is 5.92 Å². The molecule has 0 spiro atoms. The van der Waals surface area contributed by atoms with Crippen molar-refractivity contribution in [3.63, 3.8) is 0 Å². The predicted molar refractivity (Wildman–Crippen MR) is 77.3 cm³/mol. The SMILES string of the molecule is COCC1CCCN1CC(O)CN1CCC(C)CC1. The fourth-order valence-corrected chi connectivity index (χ4v) is 3.39. The van der Waals surface area contributed by atoms with Gasteiger partial charge in [0.1, 0.15) is 0 Å². The van der Waals surface area contributed by atoms with Crippen LogP contribution in [0, 0.1) is 5.92 Å². The number of rotatable bonds is 6. The third-order valence-electron chi connectivity index (χ3n) is 4.65. The second-order valence-corrected chi connectivity index (χ2v) is 6.38. The van der Waals surface area contributed by atoms with Crippen molar-refractivity contribution in [1.82, 2.24) is 9.80 Å². The van der Waals surface area contributed by atoms with E-state index in [0.29, 0.717) is 6.04 Å². The molecule has 0 aromatic heterocycles. The fourth-order valence-electron chi connectivity index (χ4n) is 3.39. The maximum absolute atomic E-state index is 10.3. The highest BCUT2D eigenvalue weighted by atomic mass is 16.5. The molecule has 1 N–H and O–H groups in total. The molecular formula is C15H30N2O2. The van der Waals surface area contributed by atoms with Gasteiger partial charge in [-0.1, -0.05) is 6.92 Å². The maximum Gasteiger partial charge on any atom is 0.0793 e. The Morgan fingerprint density at radius 3 is 2.58 bits per heavy atom. The molecule has 2 rings (SSSR count). The van der Waals surface area contributed by atoms with Crippen molar-refractivity contribution >= 4 is 0 Å². The number of hydrogen-bond acceptors (Lipinski definition) is 4. The van der Waals surface area contributed by atoms with Gasteiger partial charge in [0.05, 0.1) is 12.7 Å². The Balaban J connectivity index is 1.70. The second kappa shape index (κ2) is 7.58. The number of aliphatic hydroxyl groups excluding tert-OH is 1. The normalized spacial score (nSPS) is 28.9. The third kappa shape index (κ3) is 4.71. The molecule has 112 valence electrons. The first-order valence-electron chi connectivity index (χ1n) is 7.82. The summed E-state index contributed by atoms with van der Waals surface area (Å²) in [4.78, 5) is 4.83. The lowest BCUT2D eigenvalue weighted by Gasteiger charge is -2.33. The van der Waals surface area contributed by atoms with Gasteiger partial charge in [0.2, 0.25) is 0 Å². The molecule has 0 aromatic carbocycles. The lowest BCUT2D eigenvalue weighted by Crippen LogP contribution is -2.45. The Morgan fingerprint density at radius 2 is 1.89 bits per heavy atom. The van der Waals surface area contributed by atoms with Crippen LogP contribution < -0.4 is 0 Å². The first-order chi connectivity index (χ1) is 9.19. The van der Waals surface area contributed by atoms with E-state index in [9.17, 15) is 5.11 Å². The lowest BCUT2D eigenvalue weighted by atomic mass is 9.99. The van der Waals surface area contributed by atoms with Crippen LogP contribution >= 0.6 is 0 Å². The zero-order valence-corrected chi connectivity index (χ0v) is 12.6. The van der Waals surface area contributed by atoms with Gasteiger partial charge >= 0.3 is 0 Å². The molecule has 2 saturated heterocycles.